The third kappa shape index (κ3) is 6.21. The van der Waals surface area contributed by atoms with Gasteiger partial charge in [-0.3, -0.25) is 0 Å². The van der Waals surface area contributed by atoms with Crippen LogP contribution in [0.15, 0.2) is 11.6 Å². The first-order chi connectivity index (χ1) is 5.48. The van der Waals surface area contributed by atoms with Crippen LogP contribution in [0.25, 0.3) is 0 Å². The molecule has 0 amide bonds. The van der Waals surface area contributed by atoms with Crippen LogP contribution >= 0.6 is 11.6 Å². The topological polar surface area (TPSA) is 35.8 Å². The molecule has 68 valence electrons. The normalized spacial score (nSPS) is 10.8. The second kappa shape index (κ2) is 5.18. The summed E-state index contributed by atoms with van der Waals surface area (Å²) in [7, 11) is 0. The molecule has 0 heterocycles. The summed E-state index contributed by atoms with van der Waals surface area (Å²) in [5.74, 6) is 0. The predicted molar refractivity (Wildman–Crippen MR) is 51.9 cm³/mol. The van der Waals surface area contributed by atoms with E-state index in [-0.39, 0.29) is 5.41 Å². The van der Waals surface area contributed by atoms with E-state index in [1.807, 2.05) is 13.8 Å². The fourth-order valence-electron chi connectivity index (χ4n) is 0.681. The van der Waals surface area contributed by atoms with Crippen LogP contribution in [0.1, 0.15) is 20.3 Å². The zero-order valence-electron chi connectivity index (χ0n) is 7.65. The molecule has 3 heteroatoms. The molecule has 0 unspecified atom stereocenters. The molecule has 0 saturated carbocycles. The van der Waals surface area contributed by atoms with Crippen molar-refractivity contribution in [3.63, 3.8) is 0 Å². The van der Waals surface area contributed by atoms with E-state index in [0.717, 1.165) is 13.0 Å². The number of hydrogen-bond acceptors (Lipinski definition) is 2. The zero-order valence-corrected chi connectivity index (χ0v) is 8.41. The van der Waals surface area contributed by atoms with Gasteiger partial charge in [0.05, 0.1) is 11.5 Å². The van der Waals surface area contributed by atoms with Crippen LogP contribution in [-0.2, 0) is 0 Å². The maximum absolute atomic E-state index is 8.68. The Kier molecular flexibility index (Phi) is 4.96. The van der Waals surface area contributed by atoms with Crippen LogP contribution in [0.3, 0.4) is 0 Å². The van der Waals surface area contributed by atoms with Crippen molar-refractivity contribution in [3.05, 3.63) is 11.6 Å². The van der Waals surface area contributed by atoms with Crippen molar-refractivity contribution < 1.29 is 0 Å². The van der Waals surface area contributed by atoms with E-state index in [1.54, 1.807) is 0 Å². The Bertz CT molecular complexity index is 191. The average molecular weight is 187 g/mol. The molecule has 0 radical (unpaired) electrons. The average Bonchev–Trinajstić information content (AvgIpc) is 1.98. The van der Waals surface area contributed by atoms with Crippen LogP contribution in [0, 0.1) is 16.7 Å². The van der Waals surface area contributed by atoms with Crippen LogP contribution in [-0.4, -0.2) is 13.1 Å². The summed E-state index contributed by atoms with van der Waals surface area (Å²) in [6, 6.07) is 2.23. The van der Waals surface area contributed by atoms with E-state index in [9.17, 15) is 0 Å². The first-order valence-corrected chi connectivity index (χ1v) is 4.31. The number of nitrogens with zero attached hydrogens (tertiary/aromatic N) is 1. The van der Waals surface area contributed by atoms with Crippen molar-refractivity contribution in [2.45, 2.75) is 20.3 Å². The molecular weight excluding hydrogens is 172 g/mol. The quantitative estimate of drug-likeness (QED) is 0.669. The second-order valence-corrected chi connectivity index (χ2v) is 3.97. The van der Waals surface area contributed by atoms with E-state index in [2.05, 4.69) is 18.0 Å². The van der Waals surface area contributed by atoms with Gasteiger partial charge in [-0.1, -0.05) is 18.2 Å². The SMILES string of the molecule is C=C(Cl)CNCCC(C)(C)C#N. The lowest BCUT2D eigenvalue weighted by Crippen LogP contribution is -2.22. The van der Waals surface area contributed by atoms with Crippen LogP contribution in [0.5, 0.6) is 0 Å². The lowest BCUT2D eigenvalue weighted by Gasteiger charge is -2.14. The molecule has 0 aliphatic heterocycles. The molecule has 0 aromatic rings. The van der Waals surface area contributed by atoms with Crippen LogP contribution in [0.2, 0.25) is 0 Å². The fourth-order valence-corrected chi connectivity index (χ4v) is 0.775. The zero-order chi connectivity index (χ0) is 9.61. The fraction of sp³-hybridized carbons (Fsp3) is 0.667. The van der Waals surface area contributed by atoms with Gasteiger partial charge in [0.1, 0.15) is 0 Å². The molecular formula is C9H15ClN2. The minimum absolute atomic E-state index is 0.249. The molecule has 0 aromatic carbocycles. The van der Waals surface area contributed by atoms with Gasteiger partial charge in [0.15, 0.2) is 0 Å². The van der Waals surface area contributed by atoms with E-state index < -0.39 is 0 Å². The van der Waals surface area contributed by atoms with E-state index in [0.29, 0.717) is 11.6 Å². The van der Waals surface area contributed by atoms with Crippen molar-refractivity contribution in [3.8, 4) is 6.07 Å². The standard InChI is InChI=1S/C9H15ClN2/c1-8(10)6-12-5-4-9(2,3)7-11/h12H,1,4-6H2,2-3H3. The minimum Gasteiger partial charge on any atom is -0.312 e. The molecule has 0 fully saturated rings. The number of nitrogens with one attached hydrogen (secondary N) is 1. The Balaban J connectivity index is 3.45. The number of halogens is 1. The summed E-state index contributed by atoms with van der Waals surface area (Å²) < 4.78 is 0. The first-order valence-electron chi connectivity index (χ1n) is 3.93. The molecule has 0 aliphatic rings. The highest BCUT2D eigenvalue weighted by atomic mass is 35.5. The second-order valence-electron chi connectivity index (χ2n) is 3.44. The Morgan fingerprint density at radius 1 is 1.67 bits per heavy atom. The van der Waals surface area contributed by atoms with E-state index in [4.69, 9.17) is 16.9 Å². The van der Waals surface area contributed by atoms with Crippen molar-refractivity contribution in [2.75, 3.05) is 13.1 Å². The number of nitriles is 1. The molecule has 12 heavy (non-hydrogen) atoms. The summed E-state index contributed by atoms with van der Waals surface area (Å²) in [5.41, 5.74) is -0.249. The van der Waals surface area contributed by atoms with Crippen molar-refractivity contribution in [1.82, 2.24) is 5.32 Å². The summed E-state index contributed by atoms with van der Waals surface area (Å²) >= 11 is 5.54. The molecule has 0 spiro atoms. The third-order valence-corrected chi connectivity index (χ3v) is 1.68. The third-order valence-electron chi connectivity index (χ3n) is 1.55. The number of hydrogen-bond donors (Lipinski definition) is 1. The summed E-state index contributed by atoms with van der Waals surface area (Å²) in [5, 5.41) is 12.4. The van der Waals surface area contributed by atoms with Crippen molar-refractivity contribution in [2.24, 2.45) is 5.41 Å². The van der Waals surface area contributed by atoms with Gasteiger partial charge >= 0.3 is 0 Å². The summed E-state index contributed by atoms with van der Waals surface area (Å²) in [6.45, 7) is 8.80. The smallest absolute Gasteiger partial charge is 0.0684 e. The predicted octanol–water partition coefficient (Wildman–Crippen LogP) is 2.27. The van der Waals surface area contributed by atoms with E-state index in [1.165, 1.54) is 0 Å². The molecule has 0 aliphatic carbocycles. The highest BCUT2D eigenvalue weighted by molar-refractivity contribution is 6.29. The lowest BCUT2D eigenvalue weighted by molar-refractivity contribution is 0.438. The maximum atomic E-state index is 8.68. The van der Waals surface area contributed by atoms with Gasteiger partial charge in [-0.2, -0.15) is 5.26 Å². The van der Waals surface area contributed by atoms with Crippen LogP contribution in [0.4, 0.5) is 0 Å². The molecule has 2 nitrogen and oxygen atoms in total. The monoisotopic (exact) mass is 186 g/mol. The first kappa shape index (κ1) is 11.5. The molecule has 0 rings (SSSR count). The summed E-state index contributed by atoms with van der Waals surface area (Å²) in [6.07, 6.45) is 0.827. The highest BCUT2D eigenvalue weighted by Gasteiger charge is 2.15. The van der Waals surface area contributed by atoms with Gasteiger partial charge in [0.2, 0.25) is 0 Å². The molecule has 0 atom stereocenters. The largest absolute Gasteiger partial charge is 0.312 e. The van der Waals surface area contributed by atoms with Gasteiger partial charge < -0.3 is 5.32 Å². The van der Waals surface area contributed by atoms with Crippen molar-refractivity contribution >= 4 is 11.6 Å². The van der Waals surface area contributed by atoms with Gasteiger partial charge in [0.25, 0.3) is 0 Å². The van der Waals surface area contributed by atoms with Crippen LogP contribution < -0.4 is 5.32 Å². The summed E-state index contributed by atoms with van der Waals surface area (Å²) in [4.78, 5) is 0. The number of rotatable bonds is 5. The molecule has 0 bridgehead atoms. The Labute approximate surface area is 79.2 Å². The molecule has 1 N–H and O–H groups in total. The maximum Gasteiger partial charge on any atom is 0.0684 e. The Morgan fingerprint density at radius 2 is 2.25 bits per heavy atom. The Hall–Kier alpha value is -0.520. The minimum atomic E-state index is -0.249. The van der Waals surface area contributed by atoms with Gasteiger partial charge in [-0.25, -0.2) is 0 Å². The van der Waals surface area contributed by atoms with E-state index >= 15 is 0 Å². The van der Waals surface area contributed by atoms with Gasteiger partial charge in [-0.15, -0.1) is 0 Å². The Morgan fingerprint density at radius 3 is 2.67 bits per heavy atom. The van der Waals surface area contributed by atoms with Gasteiger partial charge in [0, 0.05) is 11.6 Å². The van der Waals surface area contributed by atoms with Crippen molar-refractivity contribution in [1.29, 1.82) is 5.26 Å². The molecule has 0 saturated heterocycles. The lowest BCUT2D eigenvalue weighted by atomic mass is 9.92. The van der Waals surface area contributed by atoms with Gasteiger partial charge in [-0.05, 0) is 26.8 Å². The molecule has 0 aromatic heterocycles. The highest BCUT2D eigenvalue weighted by Crippen LogP contribution is 2.17.